The maximum atomic E-state index is 13.6. The minimum absolute atomic E-state index is 0.150. The van der Waals surface area contributed by atoms with Crippen LogP contribution in [0.2, 0.25) is 0 Å². The highest BCUT2D eigenvalue weighted by molar-refractivity contribution is 6.08. The van der Waals surface area contributed by atoms with Crippen molar-refractivity contribution in [1.29, 1.82) is 0 Å². The van der Waals surface area contributed by atoms with Crippen molar-refractivity contribution in [2.24, 2.45) is 13.0 Å². The predicted octanol–water partition coefficient (Wildman–Crippen LogP) is 5.11. The van der Waals surface area contributed by atoms with Gasteiger partial charge in [-0.15, -0.1) is 5.10 Å². The normalized spacial score (nSPS) is 12.3. The lowest BCUT2D eigenvalue weighted by molar-refractivity contribution is -0.118. The molecule has 188 valence electrons. The van der Waals surface area contributed by atoms with Crippen LogP contribution in [0.15, 0.2) is 67.0 Å². The molecule has 5 aromatic rings. The maximum absolute atomic E-state index is 13.6. The fourth-order valence-electron chi connectivity index (χ4n) is 4.25. The van der Waals surface area contributed by atoms with Gasteiger partial charge in [0.25, 0.3) is 5.91 Å². The van der Waals surface area contributed by atoms with Gasteiger partial charge in [0.15, 0.2) is 5.65 Å². The van der Waals surface area contributed by atoms with Gasteiger partial charge < -0.3 is 9.88 Å². The molecule has 0 aliphatic heterocycles. The first kappa shape index (κ1) is 24.2. The molecule has 9 heteroatoms. The second-order valence-electron chi connectivity index (χ2n) is 9.43. The summed E-state index contributed by atoms with van der Waals surface area (Å²) in [4.78, 5) is 29.7. The second-order valence-corrected chi connectivity index (χ2v) is 9.43. The van der Waals surface area contributed by atoms with Crippen LogP contribution in [0.4, 0.5) is 10.3 Å². The van der Waals surface area contributed by atoms with E-state index in [9.17, 15) is 14.0 Å². The topological polar surface area (TPSA) is 93.3 Å². The molecule has 2 N–H and O–H groups in total. The molecule has 0 aliphatic rings. The number of pyridine rings is 1. The first-order chi connectivity index (χ1) is 17.7. The van der Waals surface area contributed by atoms with Crippen molar-refractivity contribution in [1.82, 2.24) is 24.5 Å². The van der Waals surface area contributed by atoms with Crippen molar-refractivity contribution >= 4 is 34.3 Å². The van der Waals surface area contributed by atoms with Crippen molar-refractivity contribution in [2.45, 2.75) is 26.8 Å². The Labute approximate surface area is 213 Å². The fraction of sp³-hybridized carbons (Fsp3) is 0.214. The van der Waals surface area contributed by atoms with E-state index in [0.717, 1.165) is 22.0 Å². The number of carbonyl (C=O) groups is 2. The Morgan fingerprint density at radius 1 is 1.00 bits per heavy atom. The molecule has 0 fully saturated rings. The number of benzene rings is 2. The summed E-state index contributed by atoms with van der Waals surface area (Å²) in [5.74, 6) is -0.655. The highest BCUT2D eigenvalue weighted by atomic mass is 19.1. The average Bonchev–Trinajstić information content (AvgIpc) is 3.43. The molecule has 0 bridgehead atoms. The lowest BCUT2D eigenvalue weighted by Crippen LogP contribution is -2.26. The molecule has 2 aromatic carbocycles. The minimum atomic E-state index is -0.359. The zero-order chi connectivity index (χ0) is 26.3. The van der Waals surface area contributed by atoms with Crippen LogP contribution in [0.3, 0.4) is 0 Å². The van der Waals surface area contributed by atoms with E-state index < -0.39 is 0 Å². The Bertz CT molecular complexity index is 1650. The molecular weight excluding hydrogens is 471 g/mol. The summed E-state index contributed by atoms with van der Waals surface area (Å²) < 4.78 is 17.2. The number of nitrogens with one attached hydrogen (secondary N) is 2. The van der Waals surface area contributed by atoms with E-state index in [1.165, 1.54) is 12.1 Å². The van der Waals surface area contributed by atoms with E-state index in [0.29, 0.717) is 16.8 Å². The van der Waals surface area contributed by atoms with Crippen LogP contribution in [0.25, 0.3) is 27.7 Å². The molecule has 37 heavy (non-hydrogen) atoms. The Balaban J connectivity index is 1.45. The van der Waals surface area contributed by atoms with E-state index >= 15 is 0 Å². The van der Waals surface area contributed by atoms with Gasteiger partial charge in [-0.05, 0) is 60.0 Å². The van der Waals surface area contributed by atoms with Crippen LogP contribution in [0, 0.1) is 11.7 Å². The van der Waals surface area contributed by atoms with Crippen LogP contribution >= 0.6 is 0 Å². The number of amides is 2. The third-order valence-electron chi connectivity index (χ3n) is 6.36. The van der Waals surface area contributed by atoms with Gasteiger partial charge in [0.1, 0.15) is 5.82 Å². The SMILES string of the molecule is CC(C)C(=O)Nc1nc2cc(-c3ccc4c(c3)c(C(=O)NC(C)c3cccc(F)c3)cn4C)ccn2n1. The number of hydrogen-bond donors (Lipinski definition) is 2. The first-order valence-electron chi connectivity index (χ1n) is 12.0. The average molecular weight is 499 g/mol. The Hall–Kier alpha value is -4.53. The molecule has 0 spiro atoms. The first-order valence-corrected chi connectivity index (χ1v) is 12.0. The number of halogens is 1. The molecule has 0 radical (unpaired) electrons. The fourth-order valence-corrected chi connectivity index (χ4v) is 4.25. The zero-order valence-corrected chi connectivity index (χ0v) is 21.0. The van der Waals surface area contributed by atoms with Gasteiger partial charge in [-0.25, -0.2) is 8.91 Å². The predicted molar refractivity (Wildman–Crippen MR) is 141 cm³/mol. The van der Waals surface area contributed by atoms with Gasteiger partial charge in [-0.2, -0.15) is 4.98 Å². The van der Waals surface area contributed by atoms with Crippen LogP contribution < -0.4 is 10.6 Å². The number of rotatable bonds is 6. The highest BCUT2D eigenvalue weighted by Gasteiger charge is 2.18. The summed E-state index contributed by atoms with van der Waals surface area (Å²) in [6.07, 6.45) is 3.58. The Morgan fingerprint density at radius 2 is 1.78 bits per heavy atom. The summed E-state index contributed by atoms with van der Waals surface area (Å²) >= 11 is 0. The Kier molecular flexibility index (Phi) is 6.20. The number of aryl methyl sites for hydroxylation is 1. The minimum Gasteiger partial charge on any atom is -0.350 e. The van der Waals surface area contributed by atoms with Gasteiger partial charge in [-0.1, -0.05) is 32.0 Å². The molecule has 2 amide bonds. The smallest absolute Gasteiger partial charge is 0.253 e. The van der Waals surface area contributed by atoms with Crippen molar-refractivity contribution in [3.8, 4) is 11.1 Å². The van der Waals surface area contributed by atoms with E-state index in [1.807, 2.05) is 48.9 Å². The number of aromatic nitrogens is 4. The number of nitrogens with zero attached hydrogens (tertiary/aromatic N) is 4. The van der Waals surface area contributed by atoms with E-state index in [1.54, 1.807) is 42.9 Å². The standard InChI is InChI=1S/C28H27FN6O2/c1-16(2)26(36)32-28-31-25-14-20(10-11-35(25)33-28)19-8-9-24-22(13-19)23(15-34(24)4)27(37)30-17(3)18-6-5-7-21(29)12-18/h5-17H,1-4H3,(H,30,37)(H,32,33,36). The lowest BCUT2D eigenvalue weighted by Gasteiger charge is -2.14. The Morgan fingerprint density at radius 3 is 2.54 bits per heavy atom. The molecule has 3 aromatic heterocycles. The van der Waals surface area contributed by atoms with Gasteiger partial charge >= 0.3 is 0 Å². The van der Waals surface area contributed by atoms with E-state index in [-0.39, 0.29) is 35.5 Å². The van der Waals surface area contributed by atoms with Crippen molar-refractivity contribution in [2.75, 3.05) is 5.32 Å². The number of carbonyl (C=O) groups excluding carboxylic acids is 2. The molecule has 0 aliphatic carbocycles. The van der Waals surface area contributed by atoms with Crippen molar-refractivity contribution in [3.63, 3.8) is 0 Å². The van der Waals surface area contributed by atoms with Crippen molar-refractivity contribution in [3.05, 3.63) is 83.9 Å². The monoisotopic (exact) mass is 498 g/mol. The maximum Gasteiger partial charge on any atom is 0.253 e. The third kappa shape index (κ3) is 4.80. The van der Waals surface area contributed by atoms with Crippen LogP contribution in [0.5, 0.6) is 0 Å². The summed E-state index contributed by atoms with van der Waals surface area (Å²) in [6, 6.07) is 15.6. The lowest BCUT2D eigenvalue weighted by atomic mass is 10.0. The van der Waals surface area contributed by atoms with Crippen LogP contribution in [-0.2, 0) is 11.8 Å². The van der Waals surface area contributed by atoms with Gasteiger partial charge in [-0.3, -0.25) is 14.9 Å². The summed E-state index contributed by atoms with van der Waals surface area (Å²) in [6.45, 7) is 5.44. The number of anilines is 1. The van der Waals surface area contributed by atoms with Crippen LogP contribution in [-0.4, -0.2) is 31.0 Å². The molecule has 3 heterocycles. The third-order valence-corrected chi connectivity index (χ3v) is 6.36. The summed E-state index contributed by atoms with van der Waals surface area (Å²) in [7, 11) is 1.89. The molecule has 1 atom stereocenters. The molecule has 0 saturated heterocycles. The summed E-state index contributed by atoms with van der Waals surface area (Å²) in [5, 5.41) is 10.8. The number of fused-ring (bicyclic) bond motifs is 2. The molecular formula is C28H27FN6O2. The highest BCUT2D eigenvalue weighted by Crippen LogP contribution is 2.29. The summed E-state index contributed by atoms with van der Waals surface area (Å²) in [5.41, 5.74) is 4.53. The van der Waals surface area contributed by atoms with Gasteiger partial charge in [0, 0.05) is 36.3 Å². The molecule has 8 nitrogen and oxygen atoms in total. The van der Waals surface area contributed by atoms with Crippen molar-refractivity contribution < 1.29 is 14.0 Å². The molecule has 0 saturated carbocycles. The quantitative estimate of drug-likeness (QED) is 0.340. The molecule has 1 unspecified atom stereocenters. The zero-order valence-electron chi connectivity index (χ0n) is 21.0. The van der Waals surface area contributed by atoms with Crippen LogP contribution in [0.1, 0.15) is 42.7 Å². The largest absolute Gasteiger partial charge is 0.350 e. The van der Waals surface area contributed by atoms with Gasteiger partial charge in [0.2, 0.25) is 11.9 Å². The van der Waals surface area contributed by atoms with E-state index in [2.05, 4.69) is 20.7 Å². The second kappa shape index (κ2) is 9.50. The van der Waals surface area contributed by atoms with E-state index in [4.69, 9.17) is 0 Å². The molecule has 5 rings (SSSR count). The van der Waals surface area contributed by atoms with Gasteiger partial charge in [0.05, 0.1) is 11.6 Å². The number of hydrogen-bond acceptors (Lipinski definition) is 4.